The van der Waals surface area contributed by atoms with Gasteiger partial charge in [0.1, 0.15) is 0 Å². The van der Waals surface area contributed by atoms with Crippen LogP contribution in [-0.4, -0.2) is 20.8 Å². The Balaban J connectivity index is 2.69. The summed E-state index contributed by atoms with van der Waals surface area (Å²) >= 11 is 1.41. The van der Waals surface area contributed by atoms with E-state index in [0.717, 1.165) is 4.88 Å². The van der Waals surface area contributed by atoms with Crippen molar-refractivity contribution < 1.29 is 10.1 Å². The highest BCUT2D eigenvalue weighted by atomic mass is 32.1. The van der Waals surface area contributed by atoms with Crippen LogP contribution >= 0.6 is 11.3 Å². The molecule has 1 aliphatic carbocycles. The van der Waals surface area contributed by atoms with E-state index in [4.69, 9.17) is 5.21 Å². The standard InChI is InChI=1S/C8H6N2O2S/c1-5-2-3-6-7(9-4-13-6)8(5)10(11)12/h2-4H,1H2,(H,11,12). The maximum absolute atomic E-state index is 10.8. The summed E-state index contributed by atoms with van der Waals surface area (Å²) in [4.78, 5) is 4.65. The van der Waals surface area contributed by atoms with E-state index in [2.05, 4.69) is 11.6 Å². The molecule has 4 nitrogen and oxygen atoms in total. The summed E-state index contributed by atoms with van der Waals surface area (Å²) in [6.07, 6.45) is 3.50. The molecule has 1 aromatic rings. The van der Waals surface area contributed by atoms with Gasteiger partial charge in [0.25, 0.3) is 0 Å². The molecule has 0 bridgehead atoms. The van der Waals surface area contributed by atoms with Gasteiger partial charge in [0.2, 0.25) is 0 Å². The minimum atomic E-state index is -0.190. The fourth-order valence-electron chi connectivity index (χ4n) is 1.17. The van der Waals surface area contributed by atoms with E-state index < -0.39 is 0 Å². The molecular weight excluding hydrogens is 188 g/mol. The van der Waals surface area contributed by atoms with Crippen LogP contribution in [-0.2, 0) is 0 Å². The van der Waals surface area contributed by atoms with Crippen LogP contribution in [0.2, 0.25) is 0 Å². The second-order valence-electron chi connectivity index (χ2n) is 2.55. The second kappa shape index (κ2) is 2.70. The average molecular weight is 194 g/mol. The fraction of sp³-hybridized carbons (Fsp3) is 0. The van der Waals surface area contributed by atoms with Crippen molar-refractivity contribution in [3.63, 3.8) is 0 Å². The van der Waals surface area contributed by atoms with Crippen molar-refractivity contribution in [3.8, 4) is 0 Å². The molecule has 2 rings (SSSR count). The maximum Gasteiger partial charge on any atom is 0.301 e. The van der Waals surface area contributed by atoms with Crippen LogP contribution in [0.4, 0.5) is 0 Å². The Morgan fingerprint density at radius 2 is 2.31 bits per heavy atom. The highest BCUT2D eigenvalue weighted by molar-refractivity contribution is 7.11. The lowest BCUT2D eigenvalue weighted by molar-refractivity contribution is -0.725. The van der Waals surface area contributed by atoms with Crippen molar-refractivity contribution in [1.82, 2.24) is 4.98 Å². The first-order chi connectivity index (χ1) is 6.20. The summed E-state index contributed by atoms with van der Waals surface area (Å²) in [6.45, 7) is 3.63. The van der Waals surface area contributed by atoms with E-state index >= 15 is 0 Å². The fourth-order valence-corrected chi connectivity index (χ4v) is 1.85. The summed E-state index contributed by atoms with van der Waals surface area (Å²) in [6, 6.07) is 0. The van der Waals surface area contributed by atoms with Crippen molar-refractivity contribution in [1.29, 1.82) is 0 Å². The van der Waals surface area contributed by atoms with Gasteiger partial charge in [-0.05, 0) is 12.2 Å². The molecule has 0 amide bonds. The summed E-state index contributed by atoms with van der Waals surface area (Å²) in [5.41, 5.74) is 2.71. The molecule has 0 radical (unpaired) electrons. The zero-order chi connectivity index (χ0) is 9.42. The van der Waals surface area contributed by atoms with E-state index in [-0.39, 0.29) is 10.6 Å². The number of hydrogen-bond acceptors (Lipinski definition) is 4. The first-order valence-corrected chi connectivity index (χ1v) is 4.42. The third-order valence-electron chi connectivity index (χ3n) is 1.75. The predicted octanol–water partition coefficient (Wildman–Crippen LogP) is 1.41. The molecule has 1 N–H and O–H groups in total. The summed E-state index contributed by atoms with van der Waals surface area (Å²) in [5.74, 6) is 0. The van der Waals surface area contributed by atoms with E-state index in [1.807, 2.05) is 6.08 Å². The van der Waals surface area contributed by atoms with Crippen LogP contribution in [0.25, 0.3) is 6.08 Å². The van der Waals surface area contributed by atoms with Crippen LogP contribution in [0.3, 0.4) is 0 Å². The van der Waals surface area contributed by atoms with Crippen LogP contribution < -0.4 is 0 Å². The van der Waals surface area contributed by atoms with Gasteiger partial charge in [-0.3, -0.25) is 5.21 Å². The monoisotopic (exact) mass is 194 g/mol. The third-order valence-corrected chi connectivity index (χ3v) is 2.54. The van der Waals surface area contributed by atoms with Crippen LogP contribution in [0.15, 0.2) is 23.7 Å². The SMILES string of the molecule is C=C1C=Cc2scnc2/C1=[N+](/[O-])O. The van der Waals surface area contributed by atoms with Crippen molar-refractivity contribution >= 4 is 23.1 Å². The third kappa shape index (κ3) is 1.13. The van der Waals surface area contributed by atoms with Gasteiger partial charge in [-0.1, -0.05) is 6.58 Å². The zero-order valence-corrected chi connectivity index (χ0v) is 7.41. The molecule has 0 aromatic carbocycles. The van der Waals surface area contributed by atoms with Gasteiger partial charge >= 0.3 is 5.71 Å². The molecule has 1 heterocycles. The first-order valence-electron chi connectivity index (χ1n) is 3.54. The van der Waals surface area contributed by atoms with Crippen LogP contribution in [0.5, 0.6) is 0 Å². The molecule has 0 unspecified atom stereocenters. The van der Waals surface area contributed by atoms with Crippen LogP contribution in [0.1, 0.15) is 10.6 Å². The number of hydrogen-bond donors (Lipinski definition) is 1. The van der Waals surface area contributed by atoms with Crippen molar-refractivity contribution in [2.45, 2.75) is 0 Å². The number of allylic oxidation sites excluding steroid dienone is 2. The van der Waals surface area contributed by atoms with Crippen LogP contribution in [0, 0.1) is 5.21 Å². The summed E-state index contributed by atoms with van der Waals surface area (Å²) in [7, 11) is 0. The molecule has 0 aliphatic heterocycles. The van der Waals surface area contributed by atoms with Crippen molar-refractivity contribution in [2.75, 3.05) is 0 Å². The maximum atomic E-state index is 10.8. The minimum absolute atomic E-state index is 0.124. The Hall–Kier alpha value is -1.62. The lowest BCUT2D eigenvalue weighted by Gasteiger charge is -2.04. The summed E-state index contributed by atoms with van der Waals surface area (Å²) in [5, 5.41) is 19.6. The van der Waals surface area contributed by atoms with E-state index in [1.54, 1.807) is 11.6 Å². The molecule has 13 heavy (non-hydrogen) atoms. The normalized spacial score (nSPS) is 18.6. The number of aromatic nitrogens is 1. The number of rotatable bonds is 0. The van der Waals surface area contributed by atoms with E-state index in [1.165, 1.54) is 11.3 Å². The average Bonchev–Trinajstić information content (AvgIpc) is 2.50. The van der Waals surface area contributed by atoms with Gasteiger partial charge in [-0.15, -0.1) is 11.3 Å². The lowest BCUT2D eigenvalue weighted by atomic mass is 10.0. The molecule has 1 aromatic heterocycles. The quantitative estimate of drug-likeness (QED) is 0.386. The molecule has 0 saturated heterocycles. The zero-order valence-electron chi connectivity index (χ0n) is 6.60. The Morgan fingerprint density at radius 1 is 1.54 bits per heavy atom. The second-order valence-corrected chi connectivity index (χ2v) is 3.43. The predicted molar refractivity (Wildman–Crippen MR) is 49.8 cm³/mol. The molecule has 0 saturated carbocycles. The van der Waals surface area contributed by atoms with E-state index in [0.29, 0.717) is 11.3 Å². The topological polar surface area (TPSA) is 59.2 Å². The Labute approximate surface area is 78.3 Å². The molecule has 66 valence electrons. The highest BCUT2D eigenvalue weighted by Crippen LogP contribution is 2.24. The van der Waals surface area contributed by atoms with Gasteiger partial charge in [0.15, 0.2) is 5.69 Å². The van der Waals surface area contributed by atoms with Crippen molar-refractivity contribution in [2.24, 2.45) is 0 Å². The number of thiazole rings is 1. The van der Waals surface area contributed by atoms with E-state index in [9.17, 15) is 5.21 Å². The number of fused-ring (bicyclic) bond motifs is 1. The van der Waals surface area contributed by atoms with Crippen molar-refractivity contribution in [3.05, 3.63) is 39.5 Å². The lowest BCUT2D eigenvalue weighted by Crippen LogP contribution is -2.18. The Bertz CT molecular complexity index is 427. The minimum Gasteiger partial charge on any atom is -0.417 e. The Kier molecular flexibility index (Phi) is 1.66. The molecule has 0 fully saturated rings. The molecule has 0 atom stereocenters. The van der Waals surface area contributed by atoms with Gasteiger partial charge in [-0.2, -0.15) is 0 Å². The van der Waals surface area contributed by atoms with Gasteiger partial charge in [-0.25, -0.2) is 4.98 Å². The number of nitrogens with zero attached hydrogens (tertiary/aromatic N) is 2. The van der Waals surface area contributed by atoms with Gasteiger partial charge in [0, 0.05) is 10.5 Å². The van der Waals surface area contributed by atoms with Gasteiger partial charge in [0.05, 0.1) is 10.4 Å². The molecule has 0 spiro atoms. The Morgan fingerprint density at radius 3 is 3.00 bits per heavy atom. The molecule has 1 aliphatic rings. The highest BCUT2D eigenvalue weighted by Gasteiger charge is 2.25. The largest absolute Gasteiger partial charge is 0.417 e. The smallest absolute Gasteiger partial charge is 0.301 e. The summed E-state index contributed by atoms with van der Waals surface area (Å²) < 4.78 is 0. The first kappa shape index (κ1) is 8.00. The van der Waals surface area contributed by atoms with Gasteiger partial charge < -0.3 is 5.21 Å². The molecular formula is C8H6N2O2S. The molecule has 5 heteroatoms.